The van der Waals surface area contributed by atoms with Crippen molar-refractivity contribution in [3.63, 3.8) is 0 Å². The van der Waals surface area contributed by atoms with Crippen LogP contribution in [0.1, 0.15) is 47.5 Å². The second kappa shape index (κ2) is 4.77. The number of carbonyl (C=O) groups excluding carboxylic acids is 2. The Balaban J connectivity index is 5.29. The minimum atomic E-state index is -0.854. The van der Waals surface area contributed by atoms with Gasteiger partial charge in [0.05, 0.1) is 0 Å². The summed E-state index contributed by atoms with van der Waals surface area (Å²) in [6, 6.07) is 0. The van der Waals surface area contributed by atoms with Gasteiger partial charge < -0.3 is 5.32 Å². The molecule has 0 aliphatic heterocycles. The Morgan fingerprint density at radius 1 is 1.07 bits per heavy atom. The monoisotopic (exact) mass is 213 g/mol. The van der Waals surface area contributed by atoms with Crippen LogP contribution in [0.15, 0.2) is 0 Å². The zero-order valence-corrected chi connectivity index (χ0v) is 10.7. The van der Waals surface area contributed by atoms with Gasteiger partial charge in [-0.05, 0) is 12.8 Å². The normalized spacial score (nSPS) is 12.4. The molecule has 15 heavy (non-hydrogen) atoms. The van der Waals surface area contributed by atoms with Gasteiger partial charge in [0.1, 0.15) is 5.41 Å². The van der Waals surface area contributed by atoms with Crippen molar-refractivity contribution >= 4 is 11.7 Å². The zero-order chi connectivity index (χ0) is 12.3. The molecule has 0 aromatic carbocycles. The van der Waals surface area contributed by atoms with Gasteiger partial charge in [-0.1, -0.05) is 34.6 Å². The third-order valence-corrected chi connectivity index (χ3v) is 2.98. The molecule has 3 nitrogen and oxygen atoms in total. The first-order valence-electron chi connectivity index (χ1n) is 5.53. The highest BCUT2D eigenvalue weighted by Gasteiger charge is 2.46. The summed E-state index contributed by atoms with van der Waals surface area (Å²) in [5, 5.41) is 2.60. The molecule has 0 aliphatic carbocycles. The summed E-state index contributed by atoms with van der Waals surface area (Å²) < 4.78 is 0. The summed E-state index contributed by atoms with van der Waals surface area (Å²) in [6.07, 6.45) is 1.11. The summed E-state index contributed by atoms with van der Waals surface area (Å²) >= 11 is 0. The Labute approximate surface area is 92.6 Å². The molecule has 0 spiro atoms. The molecular formula is C12H23NO2. The van der Waals surface area contributed by atoms with Crippen molar-refractivity contribution in [2.75, 3.05) is 7.05 Å². The van der Waals surface area contributed by atoms with Crippen molar-refractivity contribution in [1.29, 1.82) is 0 Å². The van der Waals surface area contributed by atoms with Crippen molar-refractivity contribution in [3.8, 4) is 0 Å². The van der Waals surface area contributed by atoms with Gasteiger partial charge >= 0.3 is 0 Å². The van der Waals surface area contributed by atoms with Gasteiger partial charge in [-0.25, -0.2) is 0 Å². The molecule has 0 radical (unpaired) electrons. The lowest BCUT2D eigenvalue weighted by Crippen LogP contribution is -2.49. The topological polar surface area (TPSA) is 46.2 Å². The standard InChI is InChI=1S/C12H23NO2/c1-7-12(8-2,10(15)13-6)9(14)11(3,4)5/h7-8H2,1-6H3,(H,13,15). The molecule has 0 saturated heterocycles. The van der Waals surface area contributed by atoms with Crippen LogP contribution in [0.25, 0.3) is 0 Å². The summed E-state index contributed by atoms with van der Waals surface area (Å²) in [7, 11) is 1.58. The fraction of sp³-hybridized carbons (Fsp3) is 0.833. The molecule has 0 bridgehead atoms. The fourth-order valence-electron chi connectivity index (χ4n) is 1.95. The average molecular weight is 213 g/mol. The molecule has 1 N–H and O–H groups in total. The second-order valence-electron chi connectivity index (χ2n) is 4.95. The lowest BCUT2D eigenvalue weighted by Gasteiger charge is -2.34. The lowest BCUT2D eigenvalue weighted by atomic mass is 9.68. The maximum absolute atomic E-state index is 12.3. The van der Waals surface area contributed by atoms with Crippen LogP contribution in [0, 0.1) is 10.8 Å². The highest BCUT2D eigenvalue weighted by molar-refractivity contribution is 6.07. The predicted molar refractivity (Wildman–Crippen MR) is 61.5 cm³/mol. The number of hydrogen-bond acceptors (Lipinski definition) is 2. The van der Waals surface area contributed by atoms with E-state index < -0.39 is 10.8 Å². The Hall–Kier alpha value is -0.860. The van der Waals surface area contributed by atoms with Crippen LogP contribution in [0.4, 0.5) is 0 Å². The van der Waals surface area contributed by atoms with E-state index in [0.29, 0.717) is 12.8 Å². The first-order chi connectivity index (χ1) is 6.76. The van der Waals surface area contributed by atoms with Crippen LogP contribution in [-0.2, 0) is 9.59 Å². The molecule has 0 saturated carbocycles. The first-order valence-corrected chi connectivity index (χ1v) is 5.53. The quantitative estimate of drug-likeness (QED) is 0.727. The molecule has 0 fully saturated rings. The van der Waals surface area contributed by atoms with Gasteiger partial charge in [0.25, 0.3) is 0 Å². The summed E-state index contributed by atoms with van der Waals surface area (Å²) in [4.78, 5) is 24.1. The Morgan fingerprint density at radius 3 is 1.67 bits per heavy atom. The van der Waals surface area contributed by atoms with Gasteiger partial charge in [0.15, 0.2) is 5.78 Å². The van der Waals surface area contributed by atoms with Crippen LogP contribution in [0.5, 0.6) is 0 Å². The molecule has 1 amide bonds. The van der Waals surface area contributed by atoms with Crippen molar-refractivity contribution in [1.82, 2.24) is 5.32 Å². The molecule has 0 aliphatic rings. The number of amides is 1. The van der Waals surface area contributed by atoms with E-state index in [1.807, 2.05) is 34.6 Å². The maximum Gasteiger partial charge on any atom is 0.233 e. The van der Waals surface area contributed by atoms with E-state index in [1.54, 1.807) is 7.05 Å². The van der Waals surface area contributed by atoms with Gasteiger partial charge in [0, 0.05) is 12.5 Å². The molecular weight excluding hydrogens is 190 g/mol. The number of hydrogen-bond donors (Lipinski definition) is 1. The van der Waals surface area contributed by atoms with E-state index in [9.17, 15) is 9.59 Å². The Kier molecular flexibility index (Phi) is 4.50. The van der Waals surface area contributed by atoms with Crippen molar-refractivity contribution in [3.05, 3.63) is 0 Å². The first kappa shape index (κ1) is 14.1. The second-order valence-corrected chi connectivity index (χ2v) is 4.95. The molecule has 0 rings (SSSR count). The largest absolute Gasteiger partial charge is 0.358 e. The van der Waals surface area contributed by atoms with Crippen molar-refractivity contribution in [2.45, 2.75) is 47.5 Å². The summed E-state index contributed by atoms with van der Waals surface area (Å²) in [6.45, 7) is 9.36. The smallest absolute Gasteiger partial charge is 0.233 e. The van der Waals surface area contributed by atoms with E-state index in [1.165, 1.54) is 0 Å². The number of rotatable bonds is 4. The van der Waals surface area contributed by atoms with Crippen LogP contribution >= 0.6 is 0 Å². The van der Waals surface area contributed by atoms with Crippen LogP contribution in [-0.4, -0.2) is 18.7 Å². The van der Waals surface area contributed by atoms with Gasteiger partial charge in [-0.3, -0.25) is 9.59 Å². The van der Waals surface area contributed by atoms with Gasteiger partial charge in [0.2, 0.25) is 5.91 Å². The molecule has 3 heteroatoms. The minimum absolute atomic E-state index is 0.0272. The molecule has 88 valence electrons. The third kappa shape index (κ3) is 2.58. The number of nitrogens with one attached hydrogen (secondary N) is 1. The highest BCUT2D eigenvalue weighted by Crippen LogP contribution is 2.35. The van der Waals surface area contributed by atoms with E-state index in [2.05, 4.69) is 5.32 Å². The average Bonchev–Trinajstić information content (AvgIpc) is 2.18. The third-order valence-electron chi connectivity index (χ3n) is 2.98. The van der Waals surface area contributed by atoms with Crippen molar-refractivity contribution in [2.24, 2.45) is 10.8 Å². The molecule has 0 aromatic heterocycles. The molecule has 0 atom stereocenters. The molecule has 0 aromatic rings. The SMILES string of the molecule is CCC(CC)(C(=O)NC)C(=O)C(C)(C)C. The Morgan fingerprint density at radius 2 is 1.47 bits per heavy atom. The fourth-order valence-corrected chi connectivity index (χ4v) is 1.95. The Bertz CT molecular complexity index is 247. The summed E-state index contributed by atoms with van der Waals surface area (Å²) in [5.41, 5.74) is -1.33. The zero-order valence-electron chi connectivity index (χ0n) is 10.7. The van der Waals surface area contributed by atoms with E-state index in [-0.39, 0.29) is 11.7 Å². The lowest BCUT2D eigenvalue weighted by molar-refractivity contribution is -0.147. The molecule has 0 heterocycles. The van der Waals surface area contributed by atoms with E-state index in [4.69, 9.17) is 0 Å². The van der Waals surface area contributed by atoms with Gasteiger partial charge in [-0.2, -0.15) is 0 Å². The predicted octanol–water partition coefficient (Wildman–Crippen LogP) is 2.15. The van der Waals surface area contributed by atoms with Crippen LogP contribution < -0.4 is 5.32 Å². The number of ketones is 1. The maximum atomic E-state index is 12.3. The highest BCUT2D eigenvalue weighted by atomic mass is 16.2. The van der Waals surface area contributed by atoms with Crippen LogP contribution in [0.3, 0.4) is 0 Å². The van der Waals surface area contributed by atoms with E-state index >= 15 is 0 Å². The minimum Gasteiger partial charge on any atom is -0.358 e. The number of carbonyl (C=O) groups is 2. The van der Waals surface area contributed by atoms with Crippen LogP contribution in [0.2, 0.25) is 0 Å². The van der Waals surface area contributed by atoms with Gasteiger partial charge in [-0.15, -0.1) is 0 Å². The van der Waals surface area contributed by atoms with Crippen molar-refractivity contribution < 1.29 is 9.59 Å². The molecule has 0 unspecified atom stereocenters. The summed E-state index contributed by atoms with van der Waals surface area (Å²) in [5.74, 6) is -0.133. The number of Topliss-reactive ketones (excluding diaryl/α,β-unsaturated/α-hetero) is 1. The van der Waals surface area contributed by atoms with E-state index in [0.717, 1.165) is 0 Å².